The summed E-state index contributed by atoms with van der Waals surface area (Å²) in [6, 6.07) is 3.89. The Balaban J connectivity index is 2.65. The number of nitrogens with two attached hydrogens (primary N) is 1. The van der Waals surface area contributed by atoms with Crippen LogP contribution < -0.4 is 15.2 Å². The van der Waals surface area contributed by atoms with E-state index in [-0.39, 0.29) is 0 Å². The molecule has 0 saturated heterocycles. The summed E-state index contributed by atoms with van der Waals surface area (Å²) in [7, 11) is 3.38. The van der Waals surface area contributed by atoms with E-state index in [0.717, 1.165) is 35.4 Å². The van der Waals surface area contributed by atoms with E-state index in [2.05, 4.69) is 17.7 Å². The van der Waals surface area contributed by atoms with Crippen LogP contribution in [0.2, 0.25) is 0 Å². The number of methoxy groups -OCH3 is 2. The zero-order chi connectivity index (χ0) is 13.1. The SMILES string of the molecule is COc1ccc(OC)c2c1c(C)cn2CCCN. The standard InChI is InChI=1S/C14H20N2O2/c1-10-9-16(8-4-7-15)14-12(18-3)6-5-11(17-2)13(10)14/h5-6,9H,4,7-8,15H2,1-3H3. The molecule has 0 amide bonds. The number of aryl methyl sites for hydroxylation is 2. The molecular weight excluding hydrogens is 228 g/mol. The fourth-order valence-electron chi connectivity index (χ4n) is 2.36. The lowest BCUT2D eigenvalue weighted by atomic mass is 10.1. The van der Waals surface area contributed by atoms with E-state index in [0.29, 0.717) is 6.54 Å². The maximum absolute atomic E-state index is 5.58. The highest BCUT2D eigenvalue weighted by Crippen LogP contribution is 2.36. The van der Waals surface area contributed by atoms with Crippen LogP contribution in [-0.2, 0) is 6.54 Å². The second-order valence-corrected chi connectivity index (χ2v) is 4.34. The van der Waals surface area contributed by atoms with Crippen molar-refractivity contribution in [1.82, 2.24) is 4.57 Å². The van der Waals surface area contributed by atoms with Crippen molar-refractivity contribution in [1.29, 1.82) is 0 Å². The Bertz CT molecular complexity index is 546. The molecule has 1 aromatic heterocycles. The minimum absolute atomic E-state index is 0.686. The summed E-state index contributed by atoms with van der Waals surface area (Å²) >= 11 is 0. The number of rotatable bonds is 5. The van der Waals surface area contributed by atoms with Crippen LogP contribution in [0.3, 0.4) is 0 Å². The largest absolute Gasteiger partial charge is 0.496 e. The first-order valence-electron chi connectivity index (χ1n) is 6.13. The second kappa shape index (κ2) is 5.31. The Kier molecular flexibility index (Phi) is 3.77. The smallest absolute Gasteiger partial charge is 0.143 e. The molecule has 0 bridgehead atoms. The zero-order valence-corrected chi connectivity index (χ0v) is 11.2. The number of hydrogen-bond acceptors (Lipinski definition) is 3. The third-order valence-electron chi connectivity index (χ3n) is 3.18. The minimum Gasteiger partial charge on any atom is -0.496 e. The molecule has 0 aliphatic heterocycles. The van der Waals surface area contributed by atoms with Crippen LogP contribution in [0.25, 0.3) is 10.9 Å². The number of hydrogen-bond donors (Lipinski definition) is 1. The van der Waals surface area contributed by atoms with Gasteiger partial charge in [-0.2, -0.15) is 0 Å². The summed E-state index contributed by atoms with van der Waals surface area (Å²) in [6.07, 6.45) is 3.08. The maximum Gasteiger partial charge on any atom is 0.143 e. The average Bonchev–Trinajstić information content (AvgIpc) is 2.73. The van der Waals surface area contributed by atoms with Crippen molar-refractivity contribution in [3.05, 3.63) is 23.9 Å². The van der Waals surface area contributed by atoms with Gasteiger partial charge in [0.05, 0.1) is 19.7 Å². The second-order valence-electron chi connectivity index (χ2n) is 4.34. The third kappa shape index (κ3) is 2.04. The molecule has 0 radical (unpaired) electrons. The van der Waals surface area contributed by atoms with Crippen LogP contribution in [0.15, 0.2) is 18.3 Å². The molecule has 0 aliphatic rings. The predicted octanol–water partition coefficient (Wildman–Crippen LogP) is 2.32. The van der Waals surface area contributed by atoms with E-state index >= 15 is 0 Å². The van der Waals surface area contributed by atoms with Crippen molar-refractivity contribution in [2.24, 2.45) is 5.73 Å². The van der Waals surface area contributed by atoms with E-state index in [1.165, 1.54) is 5.56 Å². The van der Waals surface area contributed by atoms with Crippen LogP contribution in [0, 0.1) is 6.92 Å². The van der Waals surface area contributed by atoms with Gasteiger partial charge >= 0.3 is 0 Å². The van der Waals surface area contributed by atoms with Crippen LogP contribution in [0.1, 0.15) is 12.0 Å². The van der Waals surface area contributed by atoms with Gasteiger partial charge < -0.3 is 19.8 Å². The predicted molar refractivity (Wildman–Crippen MR) is 73.5 cm³/mol. The van der Waals surface area contributed by atoms with Gasteiger partial charge in [-0.3, -0.25) is 0 Å². The van der Waals surface area contributed by atoms with E-state index in [1.54, 1.807) is 14.2 Å². The highest BCUT2D eigenvalue weighted by atomic mass is 16.5. The molecule has 98 valence electrons. The highest BCUT2D eigenvalue weighted by molar-refractivity contribution is 5.94. The summed E-state index contributed by atoms with van der Waals surface area (Å²) in [4.78, 5) is 0. The molecule has 0 spiro atoms. The highest BCUT2D eigenvalue weighted by Gasteiger charge is 2.14. The molecule has 18 heavy (non-hydrogen) atoms. The fraction of sp³-hybridized carbons (Fsp3) is 0.429. The maximum atomic E-state index is 5.58. The van der Waals surface area contributed by atoms with Crippen molar-refractivity contribution in [2.75, 3.05) is 20.8 Å². The summed E-state index contributed by atoms with van der Waals surface area (Å²) in [5.74, 6) is 1.76. The molecule has 4 heteroatoms. The molecular formula is C14H20N2O2. The number of benzene rings is 1. The van der Waals surface area contributed by atoms with Crippen molar-refractivity contribution >= 4 is 10.9 Å². The van der Waals surface area contributed by atoms with Crippen molar-refractivity contribution in [3.8, 4) is 11.5 Å². The van der Waals surface area contributed by atoms with Gasteiger partial charge in [-0.15, -0.1) is 0 Å². The Labute approximate surface area is 107 Å². The molecule has 0 fully saturated rings. The minimum atomic E-state index is 0.686. The van der Waals surface area contributed by atoms with Gasteiger partial charge in [0.1, 0.15) is 11.5 Å². The number of ether oxygens (including phenoxy) is 2. The van der Waals surface area contributed by atoms with Crippen LogP contribution >= 0.6 is 0 Å². The van der Waals surface area contributed by atoms with E-state index in [4.69, 9.17) is 15.2 Å². The van der Waals surface area contributed by atoms with Crippen molar-refractivity contribution in [2.45, 2.75) is 19.9 Å². The monoisotopic (exact) mass is 248 g/mol. The van der Waals surface area contributed by atoms with E-state index in [1.807, 2.05) is 12.1 Å². The summed E-state index contributed by atoms with van der Waals surface area (Å²) < 4.78 is 13.1. The van der Waals surface area contributed by atoms with Gasteiger partial charge in [0.15, 0.2) is 0 Å². The molecule has 0 unspecified atom stereocenters. The number of nitrogens with zero attached hydrogens (tertiary/aromatic N) is 1. The summed E-state index contributed by atoms with van der Waals surface area (Å²) in [5.41, 5.74) is 7.86. The quantitative estimate of drug-likeness (QED) is 0.883. The first-order chi connectivity index (χ1) is 8.72. The van der Waals surface area contributed by atoms with Crippen LogP contribution in [-0.4, -0.2) is 25.3 Å². The van der Waals surface area contributed by atoms with Gasteiger partial charge in [0.2, 0.25) is 0 Å². The molecule has 0 saturated carbocycles. The normalized spacial score (nSPS) is 10.9. The van der Waals surface area contributed by atoms with Gasteiger partial charge in [0, 0.05) is 18.1 Å². The number of fused-ring (bicyclic) bond motifs is 1. The molecule has 0 atom stereocenters. The Morgan fingerprint density at radius 2 is 1.83 bits per heavy atom. The first-order valence-corrected chi connectivity index (χ1v) is 6.13. The first kappa shape index (κ1) is 12.8. The third-order valence-corrected chi connectivity index (χ3v) is 3.18. The lowest BCUT2D eigenvalue weighted by Gasteiger charge is -2.10. The lowest BCUT2D eigenvalue weighted by molar-refractivity contribution is 0.408. The molecule has 1 aromatic carbocycles. The molecule has 2 aromatic rings. The summed E-state index contributed by atoms with van der Waals surface area (Å²) in [6.45, 7) is 3.67. The van der Waals surface area contributed by atoms with Gasteiger partial charge in [-0.25, -0.2) is 0 Å². The van der Waals surface area contributed by atoms with Crippen LogP contribution in [0.5, 0.6) is 11.5 Å². The molecule has 4 nitrogen and oxygen atoms in total. The van der Waals surface area contributed by atoms with Gasteiger partial charge in [-0.1, -0.05) is 0 Å². The topological polar surface area (TPSA) is 49.4 Å². The average molecular weight is 248 g/mol. The Morgan fingerprint density at radius 1 is 1.17 bits per heavy atom. The van der Waals surface area contributed by atoms with E-state index < -0.39 is 0 Å². The fourth-order valence-corrected chi connectivity index (χ4v) is 2.36. The summed E-state index contributed by atoms with van der Waals surface area (Å²) in [5, 5.41) is 1.12. The molecule has 2 rings (SSSR count). The molecule has 0 aliphatic carbocycles. The molecule has 1 heterocycles. The Morgan fingerprint density at radius 3 is 2.44 bits per heavy atom. The van der Waals surface area contributed by atoms with Gasteiger partial charge in [0.25, 0.3) is 0 Å². The van der Waals surface area contributed by atoms with Gasteiger partial charge in [-0.05, 0) is 37.6 Å². The Hall–Kier alpha value is -1.68. The van der Waals surface area contributed by atoms with Crippen molar-refractivity contribution in [3.63, 3.8) is 0 Å². The van der Waals surface area contributed by atoms with Crippen LogP contribution in [0.4, 0.5) is 0 Å². The van der Waals surface area contributed by atoms with E-state index in [9.17, 15) is 0 Å². The number of aromatic nitrogens is 1. The van der Waals surface area contributed by atoms with Crippen molar-refractivity contribution < 1.29 is 9.47 Å². The lowest BCUT2D eigenvalue weighted by Crippen LogP contribution is -2.05. The zero-order valence-electron chi connectivity index (χ0n) is 11.2. The molecule has 2 N–H and O–H groups in total.